The number of aliphatic imine (C=N–C) groups is 3. The van der Waals surface area contributed by atoms with E-state index in [1.807, 2.05) is 18.2 Å². The standard InChI is InChI=1S/C34H37F2N9O3/c1-38-31(42-33(39-2)41-25-6-8-26(9-7-25)43-14-16-44(17-15-43)27-20-47-21-27)23-5-10-29(24(18-23)19-37)48-30-11-13-45(22-34(30,35)36)32(46)28-4-3-12-40-28/h3-10,12,18,27,30,40H,1,11,13-17,20-22H2,2H3,(H,39,41). The van der Waals surface area contributed by atoms with Crippen LogP contribution in [0.3, 0.4) is 0 Å². The summed E-state index contributed by atoms with van der Waals surface area (Å²) < 4.78 is 41.3. The molecule has 0 spiro atoms. The van der Waals surface area contributed by atoms with Gasteiger partial charge >= 0.3 is 5.92 Å². The van der Waals surface area contributed by atoms with Gasteiger partial charge in [-0.05, 0) is 61.3 Å². The fourth-order valence-electron chi connectivity index (χ4n) is 5.97. The number of anilines is 2. The van der Waals surface area contributed by atoms with Crippen LogP contribution < -0.4 is 15.0 Å². The van der Waals surface area contributed by atoms with Crippen LogP contribution in [0, 0.1) is 11.3 Å². The number of alkyl halides is 2. The molecule has 3 aliphatic heterocycles. The minimum Gasteiger partial charge on any atom is -0.483 e. The Bertz CT molecular complexity index is 1710. The second kappa shape index (κ2) is 14.3. The van der Waals surface area contributed by atoms with Gasteiger partial charge in [-0.15, -0.1) is 0 Å². The van der Waals surface area contributed by atoms with Gasteiger partial charge in [0.05, 0.1) is 31.4 Å². The second-order valence-electron chi connectivity index (χ2n) is 11.8. The monoisotopic (exact) mass is 657 g/mol. The average Bonchev–Trinajstić information content (AvgIpc) is 3.62. The van der Waals surface area contributed by atoms with E-state index in [0.717, 1.165) is 55.7 Å². The third-order valence-corrected chi connectivity index (χ3v) is 8.79. The zero-order chi connectivity index (χ0) is 33.7. The van der Waals surface area contributed by atoms with E-state index in [9.17, 15) is 10.1 Å². The molecule has 4 heterocycles. The Balaban J connectivity index is 1.09. The number of nitrogens with one attached hydrogen (secondary N) is 2. The molecule has 3 aliphatic rings. The van der Waals surface area contributed by atoms with E-state index in [2.05, 4.69) is 53.9 Å². The Labute approximate surface area is 277 Å². The Morgan fingerprint density at radius 3 is 2.50 bits per heavy atom. The maximum Gasteiger partial charge on any atom is 0.301 e. The molecule has 1 aromatic heterocycles. The first-order valence-corrected chi connectivity index (χ1v) is 15.8. The molecule has 2 aromatic carbocycles. The first-order chi connectivity index (χ1) is 23.3. The summed E-state index contributed by atoms with van der Waals surface area (Å²) in [4.78, 5) is 34.1. The summed E-state index contributed by atoms with van der Waals surface area (Å²) in [5.74, 6) is -3.40. The first kappa shape index (κ1) is 32.8. The van der Waals surface area contributed by atoms with Crippen molar-refractivity contribution in [2.24, 2.45) is 15.0 Å². The van der Waals surface area contributed by atoms with Crippen LogP contribution in [0.15, 0.2) is 75.8 Å². The van der Waals surface area contributed by atoms with Crippen molar-refractivity contribution >= 4 is 35.8 Å². The molecule has 3 aromatic rings. The number of carbonyl (C=O) groups is 1. The highest BCUT2D eigenvalue weighted by molar-refractivity contribution is 6.10. The van der Waals surface area contributed by atoms with Gasteiger partial charge in [-0.1, -0.05) is 0 Å². The van der Waals surface area contributed by atoms with E-state index in [1.165, 1.54) is 18.2 Å². The SMILES string of the molecule is C=NC(=NC(=NC)Nc1ccc(N2CCN(C3COC3)CC2)cc1)c1ccc(OC2CCN(C(=O)c3ccc[nH]3)CC2(F)F)c(C#N)c1. The minimum absolute atomic E-state index is 0.000420. The number of carbonyl (C=O) groups excluding carboxylic acids is 1. The van der Waals surface area contributed by atoms with E-state index >= 15 is 8.78 Å². The fraction of sp³-hybridized carbons (Fsp3) is 0.382. The number of ether oxygens (including phenoxy) is 2. The lowest BCUT2D eigenvalue weighted by atomic mass is 10.0. The van der Waals surface area contributed by atoms with Crippen LogP contribution in [0.25, 0.3) is 0 Å². The summed E-state index contributed by atoms with van der Waals surface area (Å²) in [6.07, 6.45) is -0.0642. The Morgan fingerprint density at radius 2 is 1.90 bits per heavy atom. The van der Waals surface area contributed by atoms with Crippen molar-refractivity contribution in [2.75, 3.05) is 69.7 Å². The number of aromatic amines is 1. The van der Waals surface area contributed by atoms with Gasteiger partial charge in [-0.25, -0.2) is 13.8 Å². The molecule has 0 saturated carbocycles. The molecule has 12 nitrogen and oxygen atoms in total. The van der Waals surface area contributed by atoms with Gasteiger partial charge in [-0.3, -0.25) is 14.7 Å². The average molecular weight is 658 g/mol. The van der Waals surface area contributed by atoms with Crippen molar-refractivity contribution in [3.05, 3.63) is 77.6 Å². The Kier molecular flexibility index (Phi) is 9.79. The Hall–Kier alpha value is -5.13. The van der Waals surface area contributed by atoms with Crippen LogP contribution in [0.4, 0.5) is 20.2 Å². The van der Waals surface area contributed by atoms with Crippen LogP contribution in [0.1, 0.15) is 28.0 Å². The lowest BCUT2D eigenvalue weighted by Crippen LogP contribution is -2.56. The number of rotatable bonds is 7. The fourth-order valence-corrected chi connectivity index (χ4v) is 5.97. The normalized spacial score (nSPS) is 20.5. The summed E-state index contributed by atoms with van der Waals surface area (Å²) in [6, 6.07) is 18.2. The van der Waals surface area contributed by atoms with Gasteiger partial charge in [0.25, 0.3) is 5.91 Å². The van der Waals surface area contributed by atoms with Crippen LogP contribution in [0.5, 0.6) is 5.75 Å². The number of halogens is 2. The highest BCUT2D eigenvalue weighted by atomic mass is 19.3. The topological polar surface area (TPSA) is 134 Å². The third kappa shape index (κ3) is 7.22. The van der Waals surface area contributed by atoms with E-state index < -0.39 is 24.5 Å². The molecule has 0 bridgehead atoms. The van der Waals surface area contributed by atoms with Crippen LogP contribution in [-0.2, 0) is 4.74 Å². The molecule has 48 heavy (non-hydrogen) atoms. The van der Waals surface area contributed by atoms with Gasteiger partial charge < -0.3 is 29.6 Å². The lowest BCUT2D eigenvalue weighted by molar-refractivity contribution is -0.132. The number of nitrogens with zero attached hydrogens (tertiary/aromatic N) is 7. The van der Waals surface area contributed by atoms with Gasteiger partial charge in [0.15, 0.2) is 11.9 Å². The predicted molar refractivity (Wildman–Crippen MR) is 180 cm³/mol. The molecule has 0 aliphatic carbocycles. The van der Waals surface area contributed by atoms with E-state index in [1.54, 1.807) is 25.4 Å². The number of piperazine rings is 1. The maximum atomic E-state index is 15.2. The molecule has 1 atom stereocenters. The zero-order valence-corrected chi connectivity index (χ0v) is 26.6. The van der Waals surface area contributed by atoms with Crippen molar-refractivity contribution in [3.63, 3.8) is 0 Å². The number of nitriles is 1. The van der Waals surface area contributed by atoms with E-state index in [4.69, 9.17) is 9.47 Å². The summed E-state index contributed by atoms with van der Waals surface area (Å²) in [7, 11) is 1.59. The summed E-state index contributed by atoms with van der Waals surface area (Å²) >= 11 is 0. The number of benzene rings is 2. The smallest absolute Gasteiger partial charge is 0.301 e. The van der Waals surface area contributed by atoms with Crippen molar-refractivity contribution in [1.82, 2.24) is 14.8 Å². The molecule has 2 N–H and O–H groups in total. The van der Waals surface area contributed by atoms with Gasteiger partial charge in [0.1, 0.15) is 17.5 Å². The van der Waals surface area contributed by atoms with E-state index in [0.29, 0.717) is 11.6 Å². The van der Waals surface area contributed by atoms with Crippen LogP contribution in [0.2, 0.25) is 0 Å². The van der Waals surface area contributed by atoms with Gasteiger partial charge in [-0.2, -0.15) is 10.3 Å². The van der Waals surface area contributed by atoms with Gasteiger partial charge in [0.2, 0.25) is 5.96 Å². The number of amidine groups is 1. The third-order valence-electron chi connectivity index (χ3n) is 8.79. The zero-order valence-electron chi connectivity index (χ0n) is 26.6. The van der Waals surface area contributed by atoms with Crippen molar-refractivity contribution in [2.45, 2.75) is 24.5 Å². The molecule has 1 unspecified atom stereocenters. The molecule has 250 valence electrons. The number of hydrogen-bond donors (Lipinski definition) is 2. The molecule has 1 amide bonds. The first-order valence-electron chi connectivity index (χ1n) is 15.8. The lowest BCUT2D eigenvalue weighted by Gasteiger charge is -2.43. The highest BCUT2D eigenvalue weighted by Gasteiger charge is 2.48. The molecule has 0 radical (unpaired) electrons. The number of aromatic nitrogens is 1. The molecule has 6 rings (SSSR count). The molecule has 3 saturated heterocycles. The largest absolute Gasteiger partial charge is 0.483 e. The number of amides is 1. The summed E-state index contributed by atoms with van der Waals surface area (Å²) in [5, 5.41) is 13.0. The summed E-state index contributed by atoms with van der Waals surface area (Å²) in [6.45, 7) is 8.49. The quantitative estimate of drug-likeness (QED) is 0.291. The number of H-pyrrole nitrogens is 1. The molecular weight excluding hydrogens is 620 g/mol. The van der Waals surface area contributed by atoms with Crippen molar-refractivity contribution in [3.8, 4) is 11.8 Å². The number of piperidine rings is 1. The second-order valence-corrected chi connectivity index (χ2v) is 11.8. The molecular formula is C34H37F2N9O3. The van der Waals surface area contributed by atoms with Crippen LogP contribution >= 0.6 is 0 Å². The predicted octanol–water partition coefficient (Wildman–Crippen LogP) is 3.88. The Morgan fingerprint density at radius 1 is 1.12 bits per heavy atom. The van der Waals surface area contributed by atoms with Gasteiger partial charge in [0, 0.05) is 69.3 Å². The minimum atomic E-state index is -3.34. The highest BCUT2D eigenvalue weighted by Crippen LogP contribution is 2.33. The van der Waals surface area contributed by atoms with E-state index in [-0.39, 0.29) is 41.8 Å². The number of likely N-dealkylation sites (tertiary alicyclic amines) is 1. The molecule has 3 fully saturated rings. The number of hydrogen-bond acceptors (Lipinski definition) is 7. The van der Waals surface area contributed by atoms with Crippen LogP contribution in [-0.4, -0.2) is 117 Å². The molecule has 14 heteroatoms. The summed E-state index contributed by atoms with van der Waals surface area (Å²) in [5.41, 5.74) is 2.62. The number of guanidine groups is 1. The maximum absolute atomic E-state index is 15.2. The van der Waals surface area contributed by atoms with Crippen molar-refractivity contribution in [1.29, 1.82) is 5.26 Å². The van der Waals surface area contributed by atoms with Crippen molar-refractivity contribution < 1.29 is 23.0 Å².